The van der Waals surface area contributed by atoms with Crippen LogP contribution in [0.1, 0.15) is 0 Å². The summed E-state index contributed by atoms with van der Waals surface area (Å²) in [6.07, 6.45) is 0. The van der Waals surface area contributed by atoms with Crippen molar-refractivity contribution in [1.29, 1.82) is 0 Å². The second-order valence-corrected chi connectivity index (χ2v) is 3.20. The van der Waals surface area contributed by atoms with Gasteiger partial charge in [0.25, 0.3) is 0 Å². The van der Waals surface area contributed by atoms with Crippen molar-refractivity contribution in [2.75, 3.05) is 14.1 Å². The molecule has 11 nitrogen and oxygen atoms in total. The van der Waals surface area contributed by atoms with Crippen molar-refractivity contribution in [2.45, 2.75) is 5.66 Å². The van der Waals surface area contributed by atoms with Crippen LogP contribution in [0.25, 0.3) is 0 Å². The minimum absolute atomic E-state index is 0.160. The zero-order chi connectivity index (χ0) is 13.5. The minimum atomic E-state index is -3.68. The summed E-state index contributed by atoms with van der Waals surface area (Å²) in [5, 5.41) is 21.4. The van der Waals surface area contributed by atoms with E-state index in [1.165, 1.54) is 0 Å². The van der Waals surface area contributed by atoms with E-state index in [0.29, 0.717) is 0 Å². The maximum atomic E-state index is 11.5. The molecule has 0 unspecified atom stereocenters. The molecule has 0 aromatic heterocycles. The van der Waals surface area contributed by atoms with Crippen LogP contribution in [0.5, 0.6) is 0 Å². The van der Waals surface area contributed by atoms with E-state index in [1.807, 2.05) is 0 Å². The molecule has 11 heteroatoms. The Labute approximate surface area is 92.9 Å². The molecule has 0 atom stereocenters. The molecular weight excluding hydrogens is 240 g/mol. The predicted molar refractivity (Wildman–Crippen MR) is 47.7 cm³/mol. The molecule has 1 saturated heterocycles. The molecular formula is C6H6N4O7. The van der Waals surface area contributed by atoms with E-state index in [2.05, 4.69) is 0 Å². The number of urea groups is 1. The zero-order valence-electron chi connectivity index (χ0n) is 8.65. The lowest BCUT2D eigenvalue weighted by Gasteiger charge is -2.30. The first-order valence-electron chi connectivity index (χ1n) is 4.08. The molecule has 0 aromatic rings. The molecule has 1 aliphatic rings. The van der Waals surface area contributed by atoms with Crippen molar-refractivity contribution in [2.24, 2.45) is 0 Å². The number of amides is 4. The number of carbonyl (C=O) groups is 3. The smallest absolute Gasteiger partial charge is 0.257 e. The standard InChI is InChI=1S/C6H6N4O7/c1-7-3(11)6(9(14)15,10(16)17)4(12)8(2)5(7)13/h1-2H3. The summed E-state index contributed by atoms with van der Waals surface area (Å²) in [6.45, 7) is 0. The second kappa shape index (κ2) is 3.47. The highest BCUT2D eigenvalue weighted by Gasteiger charge is 2.77. The van der Waals surface area contributed by atoms with Crippen molar-refractivity contribution >= 4 is 17.8 Å². The quantitative estimate of drug-likeness (QED) is 0.244. The second-order valence-electron chi connectivity index (χ2n) is 3.20. The Morgan fingerprint density at radius 1 is 0.941 bits per heavy atom. The first-order valence-corrected chi connectivity index (χ1v) is 4.08. The molecule has 0 spiro atoms. The number of imide groups is 2. The van der Waals surface area contributed by atoms with Crippen LogP contribution in [0.15, 0.2) is 0 Å². The monoisotopic (exact) mass is 246 g/mol. The highest BCUT2D eigenvalue weighted by Crippen LogP contribution is 2.23. The Morgan fingerprint density at radius 3 is 1.47 bits per heavy atom. The average Bonchev–Trinajstić information content (AvgIpc) is 2.23. The largest absolute Gasteiger partial charge is 0.614 e. The lowest BCUT2D eigenvalue weighted by molar-refractivity contribution is -0.757. The van der Waals surface area contributed by atoms with Crippen LogP contribution in [0.4, 0.5) is 4.79 Å². The first kappa shape index (κ1) is 12.5. The van der Waals surface area contributed by atoms with Crippen LogP contribution >= 0.6 is 0 Å². The highest BCUT2D eigenvalue weighted by molar-refractivity contribution is 6.19. The van der Waals surface area contributed by atoms with Crippen LogP contribution in [-0.2, 0) is 9.59 Å². The number of barbiturate groups is 1. The van der Waals surface area contributed by atoms with Gasteiger partial charge in [0.2, 0.25) is 0 Å². The lowest BCUT2D eigenvalue weighted by atomic mass is 10.1. The number of nitrogens with zero attached hydrogens (tertiary/aromatic N) is 4. The number of carbonyl (C=O) groups excluding carboxylic acids is 3. The zero-order valence-corrected chi connectivity index (χ0v) is 8.65. The van der Waals surface area contributed by atoms with Gasteiger partial charge in [-0.3, -0.25) is 39.6 Å². The molecule has 0 saturated carbocycles. The molecule has 4 amide bonds. The summed E-state index contributed by atoms with van der Waals surface area (Å²) in [5.41, 5.74) is -3.68. The van der Waals surface area contributed by atoms with Crippen LogP contribution in [0, 0.1) is 20.2 Å². The van der Waals surface area contributed by atoms with E-state index in [4.69, 9.17) is 0 Å². The summed E-state index contributed by atoms with van der Waals surface area (Å²) < 4.78 is 0. The maximum Gasteiger partial charge on any atom is 0.614 e. The third-order valence-corrected chi connectivity index (χ3v) is 2.31. The number of hydrogen-bond acceptors (Lipinski definition) is 7. The van der Waals surface area contributed by atoms with Crippen molar-refractivity contribution in [3.05, 3.63) is 20.2 Å². The van der Waals surface area contributed by atoms with Gasteiger partial charge >= 0.3 is 23.5 Å². The normalized spacial score (nSPS) is 19.5. The number of likely N-dealkylation sites (N-methyl/N-ethyl adjacent to an activating group) is 2. The van der Waals surface area contributed by atoms with E-state index >= 15 is 0 Å². The van der Waals surface area contributed by atoms with Crippen molar-refractivity contribution in [3.8, 4) is 0 Å². The van der Waals surface area contributed by atoms with Crippen molar-refractivity contribution < 1.29 is 24.2 Å². The molecule has 0 N–H and O–H groups in total. The van der Waals surface area contributed by atoms with E-state index in [1.54, 1.807) is 0 Å². The summed E-state index contributed by atoms with van der Waals surface area (Å²) >= 11 is 0. The topological polar surface area (TPSA) is 144 Å². The first-order chi connectivity index (χ1) is 7.68. The van der Waals surface area contributed by atoms with Gasteiger partial charge in [-0.15, -0.1) is 0 Å². The predicted octanol–water partition coefficient (Wildman–Crippen LogP) is -1.71. The van der Waals surface area contributed by atoms with Gasteiger partial charge < -0.3 is 0 Å². The Hall–Kier alpha value is -2.59. The fraction of sp³-hybridized carbons (Fsp3) is 0.500. The summed E-state index contributed by atoms with van der Waals surface area (Å²) in [4.78, 5) is 52.7. The van der Waals surface area contributed by atoms with Gasteiger partial charge in [-0.2, -0.15) is 0 Å². The van der Waals surface area contributed by atoms with Gasteiger partial charge in [0.1, 0.15) is 9.85 Å². The molecule has 1 fully saturated rings. The Morgan fingerprint density at radius 2 is 1.24 bits per heavy atom. The van der Waals surface area contributed by atoms with Gasteiger partial charge in [-0.05, 0) is 0 Å². The van der Waals surface area contributed by atoms with Gasteiger partial charge in [0.15, 0.2) is 0 Å². The summed E-state index contributed by atoms with van der Waals surface area (Å²) in [6, 6.07) is -1.17. The van der Waals surface area contributed by atoms with E-state index in [-0.39, 0.29) is 9.80 Å². The molecule has 0 radical (unpaired) electrons. The molecule has 92 valence electrons. The van der Waals surface area contributed by atoms with Crippen LogP contribution in [0.2, 0.25) is 0 Å². The van der Waals surface area contributed by atoms with Crippen LogP contribution in [0.3, 0.4) is 0 Å². The number of hydrogen-bond donors (Lipinski definition) is 0. The van der Waals surface area contributed by atoms with Crippen molar-refractivity contribution in [1.82, 2.24) is 9.80 Å². The van der Waals surface area contributed by atoms with Gasteiger partial charge in [0, 0.05) is 14.1 Å². The SMILES string of the molecule is CN1C(=O)N(C)C(=O)C([N+](=O)[O-])([N+](=O)[O-])C1=O. The molecule has 1 aliphatic heterocycles. The number of rotatable bonds is 2. The third kappa shape index (κ3) is 1.25. The molecule has 0 aromatic carbocycles. The minimum Gasteiger partial charge on any atom is -0.257 e. The number of nitro groups is 2. The fourth-order valence-electron chi connectivity index (χ4n) is 1.34. The molecule has 0 aliphatic carbocycles. The fourth-order valence-corrected chi connectivity index (χ4v) is 1.34. The van der Waals surface area contributed by atoms with Crippen molar-refractivity contribution in [3.63, 3.8) is 0 Å². The molecule has 0 bridgehead atoms. The van der Waals surface area contributed by atoms with Crippen LogP contribution < -0.4 is 0 Å². The maximum absolute atomic E-state index is 11.5. The molecule has 17 heavy (non-hydrogen) atoms. The Balaban J connectivity index is 3.53. The Kier molecular flexibility index (Phi) is 2.54. The van der Waals surface area contributed by atoms with Crippen LogP contribution in [-0.4, -0.2) is 57.3 Å². The van der Waals surface area contributed by atoms with E-state index in [0.717, 1.165) is 14.1 Å². The van der Waals surface area contributed by atoms with Gasteiger partial charge in [-0.25, -0.2) is 4.79 Å². The lowest BCUT2D eigenvalue weighted by Crippen LogP contribution is -2.73. The third-order valence-electron chi connectivity index (χ3n) is 2.31. The van der Waals surface area contributed by atoms with Gasteiger partial charge in [-0.1, -0.05) is 0 Å². The average molecular weight is 246 g/mol. The summed E-state index contributed by atoms with van der Waals surface area (Å²) in [5.74, 6) is -3.58. The molecule has 1 rings (SSSR count). The summed E-state index contributed by atoms with van der Waals surface area (Å²) in [7, 11) is 1.63. The van der Waals surface area contributed by atoms with E-state index < -0.39 is 33.4 Å². The highest BCUT2D eigenvalue weighted by atomic mass is 16.7. The molecule has 1 heterocycles. The van der Waals surface area contributed by atoms with Gasteiger partial charge in [0.05, 0.1) is 0 Å². The Bertz CT molecular complexity index is 417. The van der Waals surface area contributed by atoms with E-state index in [9.17, 15) is 34.6 Å².